The van der Waals surface area contributed by atoms with Gasteiger partial charge in [0.2, 0.25) is 11.8 Å². The van der Waals surface area contributed by atoms with Crippen molar-refractivity contribution in [1.29, 1.82) is 0 Å². The van der Waals surface area contributed by atoms with E-state index in [1.54, 1.807) is 0 Å². The van der Waals surface area contributed by atoms with Crippen LogP contribution in [0.2, 0.25) is 0 Å². The molecular weight excluding hydrogens is 186 g/mol. The van der Waals surface area contributed by atoms with Gasteiger partial charge in [-0.25, -0.2) is 0 Å². The minimum absolute atomic E-state index is 0.227. The van der Waals surface area contributed by atoms with Gasteiger partial charge in [0.05, 0.1) is 0 Å². The number of rotatable bonds is 6. The molecule has 1 atom stereocenters. The largest absolute Gasteiger partial charge is 0.420 e. The van der Waals surface area contributed by atoms with E-state index in [1.165, 1.54) is 7.11 Å². The fraction of sp³-hybridized carbons (Fsp3) is 0.750. The highest BCUT2D eigenvalue weighted by Gasteiger charge is 2.14. The number of aromatic nitrogens is 2. The monoisotopic (exact) mass is 201 g/mol. The van der Waals surface area contributed by atoms with Crippen LogP contribution < -0.4 is 5.73 Å². The fourth-order valence-corrected chi connectivity index (χ4v) is 1.02. The molecule has 0 aliphatic carbocycles. The molecule has 1 rings (SSSR count). The van der Waals surface area contributed by atoms with Crippen LogP contribution in [0.5, 0.6) is 0 Å². The smallest absolute Gasteiger partial charge is 0.245 e. The van der Waals surface area contributed by atoms with Gasteiger partial charge in [0, 0.05) is 7.11 Å². The van der Waals surface area contributed by atoms with E-state index in [-0.39, 0.29) is 12.5 Å². The molecule has 80 valence electrons. The van der Waals surface area contributed by atoms with Crippen LogP contribution in [-0.2, 0) is 11.3 Å². The Bertz CT molecular complexity index is 264. The number of hydrogen-bond donors (Lipinski definition) is 2. The van der Waals surface area contributed by atoms with E-state index in [9.17, 15) is 5.11 Å². The zero-order valence-corrected chi connectivity index (χ0v) is 8.14. The maximum atomic E-state index is 9.54. The van der Waals surface area contributed by atoms with E-state index < -0.39 is 6.10 Å². The van der Waals surface area contributed by atoms with E-state index in [0.29, 0.717) is 18.9 Å². The van der Waals surface area contributed by atoms with Crippen LogP contribution in [0, 0.1) is 0 Å². The molecule has 0 amide bonds. The molecule has 1 aromatic heterocycles. The topological polar surface area (TPSA) is 94.4 Å². The Morgan fingerprint density at radius 3 is 3.00 bits per heavy atom. The van der Waals surface area contributed by atoms with E-state index in [1.807, 2.05) is 0 Å². The molecule has 3 N–H and O–H groups in total. The summed E-state index contributed by atoms with van der Waals surface area (Å²) in [5.74, 6) is 0.597. The Labute approximate surface area is 82.1 Å². The van der Waals surface area contributed by atoms with E-state index >= 15 is 0 Å². The molecule has 1 aromatic rings. The predicted molar refractivity (Wildman–Crippen MR) is 48.3 cm³/mol. The summed E-state index contributed by atoms with van der Waals surface area (Å²) in [6.07, 6.45) is 0.533. The van der Waals surface area contributed by atoms with Crippen LogP contribution in [0.3, 0.4) is 0 Å². The Kier molecular flexibility index (Phi) is 4.51. The number of nitrogens with zero attached hydrogens (tertiary/aromatic N) is 2. The molecule has 0 fully saturated rings. The van der Waals surface area contributed by atoms with Crippen LogP contribution in [0.25, 0.3) is 0 Å². The average molecular weight is 201 g/mol. The Morgan fingerprint density at radius 2 is 2.36 bits per heavy atom. The number of ether oxygens (including phenoxy) is 1. The summed E-state index contributed by atoms with van der Waals surface area (Å²) in [6, 6.07) is 0. The van der Waals surface area contributed by atoms with Crippen LogP contribution in [0.15, 0.2) is 4.42 Å². The molecule has 6 heteroatoms. The van der Waals surface area contributed by atoms with Gasteiger partial charge < -0.3 is 20.0 Å². The third kappa shape index (κ3) is 3.06. The van der Waals surface area contributed by atoms with Gasteiger partial charge in [-0.1, -0.05) is 0 Å². The van der Waals surface area contributed by atoms with Gasteiger partial charge in [-0.05, 0) is 19.4 Å². The number of hydrogen-bond acceptors (Lipinski definition) is 6. The summed E-state index contributed by atoms with van der Waals surface area (Å²) >= 11 is 0. The van der Waals surface area contributed by atoms with Crippen molar-refractivity contribution in [3.8, 4) is 0 Å². The van der Waals surface area contributed by atoms with Gasteiger partial charge >= 0.3 is 0 Å². The van der Waals surface area contributed by atoms with Gasteiger partial charge in [0.1, 0.15) is 12.7 Å². The summed E-state index contributed by atoms with van der Waals surface area (Å²) in [6.45, 7) is 0.798. The lowest BCUT2D eigenvalue weighted by atomic mass is 10.2. The molecule has 0 aromatic carbocycles. The second kappa shape index (κ2) is 5.69. The molecule has 0 saturated heterocycles. The minimum Gasteiger partial charge on any atom is -0.420 e. The first-order chi connectivity index (χ1) is 6.77. The highest BCUT2D eigenvalue weighted by atomic mass is 16.5. The van der Waals surface area contributed by atoms with Crippen molar-refractivity contribution in [3.63, 3.8) is 0 Å². The first kappa shape index (κ1) is 11.1. The first-order valence-electron chi connectivity index (χ1n) is 4.47. The Hall–Kier alpha value is -0.980. The fourth-order valence-electron chi connectivity index (χ4n) is 1.02. The van der Waals surface area contributed by atoms with E-state index in [2.05, 4.69) is 10.2 Å². The van der Waals surface area contributed by atoms with Crippen LogP contribution in [0.4, 0.5) is 0 Å². The lowest BCUT2D eigenvalue weighted by Crippen LogP contribution is -2.04. The highest BCUT2D eigenvalue weighted by Crippen LogP contribution is 2.16. The number of aliphatic hydroxyl groups is 1. The molecule has 1 unspecified atom stereocenters. The van der Waals surface area contributed by atoms with Crippen molar-refractivity contribution in [2.75, 3.05) is 13.7 Å². The molecule has 0 spiro atoms. The zero-order valence-electron chi connectivity index (χ0n) is 8.14. The van der Waals surface area contributed by atoms with Gasteiger partial charge in [-0.2, -0.15) is 0 Å². The molecule has 0 radical (unpaired) electrons. The maximum Gasteiger partial charge on any atom is 0.245 e. The number of aliphatic hydroxyl groups excluding tert-OH is 1. The SMILES string of the molecule is COCc1nnc(C(O)CCCN)o1. The summed E-state index contributed by atoms with van der Waals surface area (Å²) in [4.78, 5) is 0. The molecule has 1 heterocycles. The van der Waals surface area contributed by atoms with E-state index in [0.717, 1.165) is 6.42 Å². The predicted octanol–water partition coefficient (Wildman–Crippen LogP) is -0.0117. The van der Waals surface area contributed by atoms with Crippen LogP contribution in [0.1, 0.15) is 30.7 Å². The normalized spacial score (nSPS) is 13.1. The number of nitrogens with two attached hydrogens (primary N) is 1. The maximum absolute atomic E-state index is 9.54. The first-order valence-corrected chi connectivity index (χ1v) is 4.47. The van der Waals surface area contributed by atoms with Crippen LogP contribution >= 0.6 is 0 Å². The van der Waals surface area contributed by atoms with Crippen molar-refractivity contribution in [2.24, 2.45) is 5.73 Å². The van der Waals surface area contributed by atoms with Crippen molar-refractivity contribution in [1.82, 2.24) is 10.2 Å². The second-order valence-electron chi connectivity index (χ2n) is 2.91. The highest BCUT2D eigenvalue weighted by molar-refractivity contribution is 4.85. The quantitative estimate of drug-likeness (QED) is 0.672. The average Bonchev–Trinajstić information content (AvgIpc) is 2.63. The van der Waals surface area contributed by atoms with E-state index in [4.69, 9.17) is 14.9 Å². The summed E-state index contributed by atoms with van der Waals surface area (Å²) in [5.41, 5.74) is 5.31. The van der Waals surface area contributed by atoms with Crippen molar-refractivity contribution >= 4 is 0 Å². The standard InChI is InChI=1S/C8H15N3O3/c1-13-5-7-10-11-8(14-7)6(12)3-2-4-9/h6,12H,2-5,9H2,1H3. The van der Waals surface area contributed by atoms with Gasteiger partial charge in [-0.15, -0.1) is 10.2 Å². The third-order valence-electron chi connectivity index (χ3n) is 1.72. The summed E-state index contributed by atoms with van der Waals surface area (Å²) in [7, 11) is 1.54. The lowest BCUT2D eigenvalue weighted by Gasteiger charge is -2.03. The number of methoxy groups -OCH3 is 1. The van der Waals surface area contributed by atoms with Crippen molar-refractivity contribution in [2.45, 2.75) is 25.6 Å². The summed E-state index contributed by atoms with van der Waals surface area (Å²) < 4.78 is 9.95. The second-order valence-corrected chi connectivity index (χ2v) is 2.91. The van der Waals surface area contributed by atoms with Gasteiger partial charge in [0.25, 0.3) is 0 Å². The lowest BCUT2D eigenvalue weighted by molar-refractivity contribution is 0.119. The molecule has 6 nitrogen and oxygen atoms in total. The van der Waals surface area contributed by atoms with Crippen molar-refractivity contribution in [3.05, 3.63) is 11.8 Å². The van der Waals surface area contributed by atoms with Gasteiger partial charge in [0.15, 0.2) is 0 Å². The molecule has 0 aliphatic rings. The zero-order chi connectivity index (χ0) is 10.4. The minimum atomic E-state index is -0.725. The summed E-state index contributed by atoms with van der Waals surface area (Å²) in [5, 5.41) is 16.9. The Balaban J connectivity index is 2.48. The van der Waals surface area contributed by atoms with Crippen LogP contribution in [-0.4, -0.2) is 29.0 Å². The van der Waals surface area contributed by atoms with Gasteiger partial charge in [-0.3, -0.25) is 0 Å². The third-order valence-corrected chi connectivity index (χ3v) is 1.72. The molecule has 0 saturated carbocycles. The Morgan fingerprint density at radius 1 is 1.57 bits per heavy atom. The molecular formula is C8H15N3O3. The van der Waals surface area contributed by atoms with Crippen molar-refractivity contribution < 1.29 is 14.3 Å². The molecule has 0 bridgehead atoms. The molecule has 0 aliphatic heterocycles. The molecule has 14 heavy (non-hydrogen) atoms.